The highest BCUT2D eigenvalue weighted by Crippen LogP contribution is 2.27. The summed E-state index contributed by atoms with van der Waals surface area (Å²) in [4.78, 5) is 15.2. The van der Waals surface area contributed by atoms with Gasteiger partial charge in [0.1, 0.15) is 5.54 Å². The lowest BCUT2D eigenvalue weighted by atomic mass is 9.92. The van der Waals surface area contributed by atoms with E-state index < -0.39 is 5.54 Å². The van der Waals surface area contributed by atoms with Crippen molar-refractivity contribution in [2.24, 2.45) is 11.7 Å². The van der Waals surface area contributed by atoms with E-state index in [0.717, 1.165) is 35.5 Å². The van der Waals surface area contributed by atoms with Gasteiger partial charge in [-0.2, -0.15) is 0 Å². The standard InChI is InChI=1S/C19H28BrN3O.2ClH/c1-19(21,15-6-8-16(20)9-7-15)18(24)22-17-10-11-23(13-17)12-14-4-2-3-5-14;;/h6-9,14,17H,2-5,10-13,21H2,1H3,(H,22,24);2*1H. The van der Waals surface area contributed by atoms with E-state index in [0.29, 0.717) is 0 Å². The van der Waals surface area contributed by atoms with E-state index in [2.05, 4.69) is 26.1 Å². The lowest BCUT2D eigenvalue weighted by molar-refractivity contribution is -0.126. The summed E-state index contributed by atoms with van der Waals surface area (Å²) >= 11 is 3.42. The number of amides is 1. The average molecular weight is 467 g/mol. The fourth-order valence-corrected chi connectivity index (χ4v) is 4.20. The minimum Gasteiger partial charge on any atom is -0.350 e. The maximum Gasteiger partial charge on any atom is 0.244 e. The zero-order valence-corrected chi connectivity index (χ0v) is 18.5. The Morgan fingerprint density at radius 2 is 1.85 bits per heavy atom. The van der Waals surface area contributed by atoms with Crippen molar-refractivity contribution in [3.63, 3.8) is 0 Å². The van der Waals surface area contributed by atoms with E-state index in [1.54, 1.807) is 6.92 Å². The highest BCUT2D eigenvalue weighted by Gasteiger charge is 2.34. The van der Waals surface area contributed by atoms with Gasteiger partial charge in [0.25, 0.3) is 0 Å². The van der Waals surface area contributed by atoms with Gasteiger partial charge in [0, 0.05) is 30.1 Å². The van der Waals surface area contributed by atoms with Crippen LogP contribution in [0.15, 0.2) is 28.7 Å². The van der Waals surface area contributed by atoms with E-state index >= 15 is 0 Å². The quantitative estimate of drug-likeness (QED) is 0.692. The van der Waals surface area contributed by atoms with Crippen LogP contribution in [0.3, 0.4) is 0 Å². The van der Waals surface area contributed by atoms with Crippen LogP contribution in [0.5, 0.6) is 0 Å². The molecule has 7 heteroatoms. The minimum absolute atomic E-state index is 0. The molecule has 0 radical (unpaired) electrons. The third kappa shape index (κ3) is 5.83. The van der Waals surface area contributed by atoms with Gasteiger partial charge < -0.3 is 16.0 Å². The van der Waals surface area contributed by atoms with Gasteiger partial charge >= 0.3 is 0 Å². The molecule has 2 atom stereocenters. The molecule has 0 bridgehead atoms. The molecule has 1 aliphatic heterocycles. The Bertz CT molecular complexity index is 577. The van der Waals surface area contributed by atoms with E-state index in [-0.39, 0.29) is 36.8 Å². The van der Waals surface area contributed by atoms with E-state index in [9.17, 15) is 4.79 Å². The van der Waals surface area contributed by atoms with Crippen LogP contribution in [0.2, 0.25) is 0 Å². The largest absolute Gasteiger partial charge is 0.350 e. The van der Waals surface area contributed by atoms with Crippen molar-refractivity contribution in [2.45, 2.75) is 50.6 Å². The molecule has 1 aromatic rings. The summed E-state index contributed by atoms with van der Waals surface area (Å²) in [6.45, 7) is 5.02. The topological polar surface area (TPSA) is 58.4 Å². The first-order chi connectivity index (χ1) is 11.4. The van der Waals surface area contributed by atoms with Crippen LogP contribution in [0, 0.1) is 5.92 Å². The van der Waals surface area contributed by atoms with Crippen LogP contribution >= 0.6 is 40.7 Å². The Balaban J connectivity index is 0.00000169. The number of halogens is 3. The molecule has 1 saturated carbocycles. The first-order valence-electron chi connectivity index (χ1n) is 9.03. The average Bonchev–Trinajstić information content (AvgIpc) is 3.20. The van der Waals surface area contributed by atoms with Gasteiger partial charge in [-0.05, 0) is 49.8 Å². The number of carbonyl (C=O) groups excluding carboxylic acids is 1. The first-order valence-corrected chi connectivity index (χ1v) is 9.82. The predicted molar refractivity (Wildman–Crippen MR) is 115 cm³/mol. The number of nitrogens with two attached hydrogens (primary N) is 1. The Hall–Kier alpha value is -0.330. The number of hydrogen-bond donors (Lipinski definition) is 2. The van der Waals surface area contributed by atoms with Crippen molar-refractivity contribution in [1.82, 2.24) is 10.2 Å². The molecular formula is C19H30BrCl2N3O. The van der Waals surface area contributed by atoms with Crippen molar-refractivity contribution in [3.8, 4) is 0 Å². The first kappa shape index (κ1) is 23.7. The van der Waals surface area contributed by atoms with E-state index in [4.69, 9.17) is 5.73 Å². The van der Waals surface area contributed by atoms with Gasteiger partial charge in [0.15, 0.2) is 0 Å². The van der Waals surface area contributed by atoms with Crippen molar-refractivity contribution < 1.29 is 4.79 Å². The van der Waals surface area contributed by atoms with Gasteiger partial charge in [0.05, 0.1) is 0 Å². The van der Waals surface area contributed by atoms with Crippen LogP contribution in [0.4, 0.5) is 0 Å². The molecule has 1 aliphatic carbocycles. The van der Waals surface area contributed by atoms with Gasteiger partial charge in [-0.3, -0.25) is 4.79 Å². The molecule has 1 heterocycles. The Kier molecular flexibility index (Phi) is 9.37. The van der Waals surface area contributed by atoms with Gasteiger partial charge in [-0.1, -0.05) is 40.9 Å². The molecule has 2 fully saturated rings. The second kappa shape index (κ2) is 10.3. The molecule has 2 aliphatic rings. The summed E-state index contributed by atoms with van der Waals surface area (Å²) in [6, 6.07) is 7.88. The number of rotatable bonds is 5. The second-order valence-electron chi connectivity index (χ2n) is 7.58. The van der Waals surface area contributed by atoms with E-state index in [1.807, 2.05) is 24.3 Å². The van der Waals surface area contributed by atoms with Crippen LogP contribution in [0.25, 0.3) is 0 Å². The number of benzene rings is 1. The third-order valence-corrected chi connectivity index (χ3v) is 6.04. The molecule has 0 aromatic heterocycles. The highest BCUT2D eigenvalue weighted by molar-refractivity contribution is 9.10. The normalized spacial score (nSPS) is 23.0. The lowest BCUT2D eigenvalue weighted by Crippen LogP contribution is -2.52. The summed E-state index contributed by atoms with van der Waals surface area (Å²) in [5.74, 6) is 0.777. The summed E-state index contributed by atoms with van der Waals surface area (Å²) in [5, 5.41) is 3.17. The summed E-state index contributed by atoms with van der Waals surface area (Å²) in [5.41, 5.74) is 6.17. The Morgan fingerprint density at radius 3 is 2.46 bits per heavy atom. The van der Waals surface area contributed by atoms with Crippen molar-refractivity contribution in [2.75, 3.05) is 19.6 Å². The molecule has 1 amide bonds. The van der Waals surface area contributed by atoms with Crippen LogP contribution in [0.1, 0.15) is 44.6 Å². The van der Waals surface area contributed by atoms with Crippen molar-refractivity contribution >= 4 is 46.7 Å². The van der Waals surface area contributed by atoms with E-state index in [1.165, 1.54) is 32.2 Å². The number of likely N-dealkylation sites (tertiary alicyclic amines) is 1. The zero-order chi connectivity index (χ0) is 17.2. The number of nitrogens with one attached hydrogen (secondary N) is 1. The number of nitrogens with zero attached hydrogens (tertiary/aromatic N) is 1. The van der Waals surface area contributed by atoms with Gasteiger partial charge in [0.2, 0.25) is 5.91 Å². The fourth-order valence-electron chi connectivity index (χ4n) is 3.94. The predicted octanol–water partition coefficient (Wildman–Crippen LogP) is 3.85. The molecule has 1 aromatic carbocycles. The summed E-state index contributed by atoms with van der Waals surface area (Å²) < 4.78 is 0.987. The minimum atomic E-state index is -1.00. The van der Waals surface area contributed by atoms with Crippen LogP contribution in [-0.2, 0) is 10.3 Å². The van der Waals surface area contributed by atoms with Crippen molar-refractivity contribution in [3.05, 3.63) is 34.3 Å². The SMILES string of the molecule is CC(N)(C(=O)NC1CCN(CC2CCCC2)C1)c1ccc(Br)cc1.Cl.Cl. The van der Waals surface area contributed by atoms with Gasteiger partial charge in [-0.25, -0.2) is 0 Å². The smallest absolute Gasteiger partial charge is 0.244 e. The molecular weight excluding hydrogens is 437 g/mol. The molecule has 4 nitrogen and oxygen atoms in total. The molecule has 0 spiro atoms. The Morgan fingerprint density at radius 1 is 1.23 bits per heavy atom. The molecule has 3 rings (SSSR count). The van der Waals surface area contributed by atoms with Crippen molar-refractivity contribution in [1.29, 1.82) is 0 Å². The lowest BCUT2D eigenvalue weighted by Gasteiger charge is -2.27. The van der Waals surface area contributed by atoms with Crippen LogP contribution < -0.4 is 11.1 Å². The number of carbonyl (C=O) groups is 1. The summed E-state index contributed by atoms with van der Waals surface area (Å²) in [6.07, 6.45) is 6.54. The third-order valence-electron chi connectivity index (χ3n) is 5.51. The molecule has 1 saturated heterocycles. The maximum atomic E-state index is 12.7. The van der Waals surface area contributed by atoms with Gasteiger partial charge in [-0.15, -0.1) is 24.8 Å². The maximum absolute atomic E-state index is 12.7. The zero-order valence-electron chi connectivity index (χ0n) is 15.2. The number of hydrogen-bond acceptors (Lipinski definition) is 3. The molecule has 26 heavy (non-hydrogen) atoms. The van der Waals surface area contributed by atoms with Crippen LogP contribution in [-0.4, -0.2) is 36.5 Å². The Labute approximate surface area is 177 Å². The fraction of sp³-hybridized carbons (Fsp3) is 0.632. The molecule has 2 unspecified atom stereocenters. The highest BCUT2D eigenvalue weighted by atomic mass is 79.9. The monoisotopic (exact) mass is 465 g/mol. The molecule has 148 valence electrons. The molecule has 3 N–H and O–H groups in total. The second-order valence-corrected chi connectivity index (χ2v) is 8.49. The summed E-state index contributed by atoms with van der Waals surface area (Å²) in [7, 11) is 0.